The Kier molecular flexibility index (Phi) is 3.43. The van der Waals surface area contributed by atoms with Crippen molar-refractivity contribution in [2.45, 2.75) is 6.92 Å². The van der Waals surface area contributed by atoms with E-state index in [1.807, 2.05) is 31.2 Å². The second kappa shape index (κ2) is 5.41. The molecule has 0 atom stereocenters. The zero-order chi connectivity index (χ0) is 15.7. The first-order chi connectivity index (χ1) is 10.7. The molecule has 1 aliphatic heterocycles. The number of rotatable bonds is 3. The number of hydrogen-bond donors (Lipinski definition) is 0. The van der Waals surface area contributed by atoms with E-state index in [1.165, 1.54) is 18.2 Å². The molecule has 1 heterocycles. The van der Waals surface area contributed by atoms with Gasteiger partial charge in [0.25, 0.3) is 11.8 Å². The number of hydrogen-bond acceptors (Lipinski definition) is 3. The number of carbonyl (C=O) groups is 3. The molecule has 0 bridgehead atoms. The van der Waals surface area contributed by atoms with E-state index >= 15 is 0 Å². The molecule has 4 heteroatoms. The van der Waals surface area contributed by atoms with Gasteiger partial charge in [0.05, 0.1) is 16.8 Å². The fourth-order valence-electron chi connectivity index (χ4n) is 2.49. The molecule has 1 aliphatic rings. The van der Waals surface area contributed by atoms with Crippen LogP contribution in [0.2, 0.25) is 0 Å². The van der Waals surface area contributed by atoms with E-state index in [-0.39, 0.29) is 11.5 Å². The van der Waals surface area contributed by atoms with Crippen LogP contribution in [0.25, 0.3) is 6.08 Å². The maximum absolute atomic E-state index is 12.5. The lowest BCUT2D eigenvalue weighted by molar-refractivity contribution is 0.0926. The van der Waals surface area contributed by atoms with Crippen molar-refractivity contribution in [2.75, 3.05) is 4.90 Å². The van der Waals surface area contributed by atoms with E-state index < -0.39 is 5.91 Å². The van der Waals surface area contributed by atoms with Crippen molar-refractivity contribution in [3.8, 4) is 0 Å². The third-order valence-electron chi connectivity index (χ3n) is 3.56. The van der Waals surface area contributed by atoms with Crippen molar-refractivity contribution in [1.29, 1.82) is 0 Å². The number of nitrogens with zero attached hydrogens (tertiary/aromatic N) is 1. The van der Waals surface area contributed by atoms with Crippen molar-refractivity contribution in [2.24, 2.45) is 0 Å². The van der Waals surface area contributed by atoms with Crippen molar-refractivity contribution < 1.29 is 14.4 Å². The lowest BCUT2D eigenvalue weighted by Crippen LogP contribution is -2.29. The van der Waals surface area contributed by atoms with Gasteiger partial charge in [-0.05, 0) is 36.8 Å². The van der Waals surface area contributed by atoms with E-state index in [9.17, 15) is 14.4 Å². The molecule has 0 saturated carbocycles. The molecule has 0 aromatic heterocycles. The van der Waals surface area contributed by atoms with Gasteiger partial charge in [0.2, 0.25) is 0 Å². The van der Waals surface area contributed by atoms with Gasteiger partial charge in [-0.15, -0.1) is 0 Å². The second-order valence-corrected chi connectivity index (χ2v) is 4.96. The molecule has 2 aromatic rings. The summed E-state index contributed by atoms with van der Waals surface area (Å²) in [5.41, 5.74) is 2.49. The first-order valence-corrected chi connectivity index (χ1v) is 6.86. The SMILES string of the molecule is CC=Cc1ccc(N2C(=O)c3ccc(C=O)cc3C2=O)cc1. The maximum Gasteiger partial charge on any atom is 0.266 e. The highest BCUT2D eigenvalue weighted by Gasteiger charge is 2.36. The molecule has 0 radical (unpaired) electrons. The maximum atomic E-state index is 12.5. The first kappa shape index (κ1) is 13.9. The minimum Gasteiger partial charge on any atom is -0.298 e. The van der Waals surface area contributed by atoms with Crippen LogP contribution in [0.3, 0.4) is 0 Å². The first-order valence-electron chi connectivity index (χ1n) is 6.86. The van der Waals surface area contributed by atoms with Crippen LogP contribution in [0.1, 0.15) is 43.6 Å². The largest absolute Gasteiger partial charge is 0.298 e. The third kappa shape index (κ3) is 2.15. The lowest BCUT2D eigenvalue weighted by Gasteiger charge is -2.13. The molecule has 0 saturated heterocycles. The quantitative estimate of drug-likeness (QED) is 0.644. The smallest absolute Gasteiger partial charge is 0.266 e. The number of amides is 2. The number of imide groups is 1. The summed E-state index contributed by atoms with van der Waals surface area (Å²) in [6.07, 6.45) is 4.51. The average molecular weight is 291 g/mol. The molecule has 0 aliphatic carbocycles. The highest BCUT2D eigenvalue weighted by molar-refractivity contribution is 6.34. The van der Waals surface area contributed by atoms with Gasteiger partial charge in [0, 0.05) is 5.56 Å². The van der Waals surface area contributed by atoms with Gasteiger partial charge >= 0.3 is 0 Å². The zero-order valence-electron chi connectivity index (χ0n) is 11.9. The van der Waals surface area contributed by atoms with Gasteiger partial charge in [-0.1, -0.05) is 30.4 Å². The average Bonchev–Trinajstić information content (AvgIpc) is 2.79. The number of benzene rings is 2. The predicted molar refractivity (Wildman–Crippen MR) is 84.1 cm³/mol. The van der Waals surface area contributed by atoms with Crippen molar-refractivity contribution in [3.63, 3.8) is 0 Å². The summed E-state index contributed by atoms with van der Waals surface area (Å²) in [4.78, 5) is 36.8. The Balaban J connectivity index is 2.01. The molecule has 4 nitrogen and oxygen atoms in total. The van der Waals surface area contributed by atoms with Gasteiger partial charge in [-0.3, -0.25) is 14.4 Å². The minimum atomic E-state index is -0.400. The van der Waals surface area contributed by atoms with E-state index in [0.717, 1.165) is 10.5 Å². The number of allylic oxidation sites excluding steroid dienone is 1. The van der Waals surface area contributed by atoms with Gasteiger partial charge in [-0.25, -0.2) is 4.90 Å². The van der Waals surface area contributed by atoms with Crippen LogP contribution in [0.5, 0.6) is 0 Å². The summed E-state index contributed by atoms with van der Waals surface area (Å²) in [5, 5.41) is 0. The Bertz CT molecular complexity index is 804. The van der Waals surface area contributed by atoms with Gasteiger partial charge in [0.1, 0.15) is 6.29 Å². The molecule has 2 amide bonds. The summed E-state index contributed by atoms with van der Waals surface area (Å²) in [7, 11) is 0. The number of fused-ring (bicyclic) bond motifs is 1. The van der Waals surface area contributed by atoms with Crippen LogP contribution >= 0.6 is 0 Å². The van der Waals surface area contributed by atoms with Gasteiger partial charge in [0.15, 0.2) is 0 Å². The Hall–Kier alpha value is -3.01. The Morgan fingerprint density at radius 2 is 1.50 bits per heavy atom. The fraction of sp³-hybridized carbons (Fsp3) is 0.0556. The molecule has 0 unspecified atom stereocenters. The molecule has 3 rings (SSSR count). The fourth-order valence-corrected chi connectivity index (χ4v) is 2.49. The normalized spacial score (nSPS) is 13.8. The van der Waals surface area contributed by atoms with E-state index in [2.05, 4.69) is 0 Å². The molecule has 0 N–H and O–H groups in total. The molecule has 2 aromatic carbocycles. The standard InChI is InChI=1S/C18H13NO3/c1-2-3-12-4-7-14(8-5-12)19-17(21)15-9-6-13(11-20)10-16(15)18(19)22/h2-11H,1H3. The number of anilines is 1. The predicted octanol–water partition coefficient (Wildman–Crippen LogP) is 3.33. The van der Waals surface area contributed by atoms with Crippen LogP contribution in [-0.4, -0.2) is 18.1 Å². The van der Waals surface area contributed by atoms with Crippen LogP contribution in [-0.2, 0) is 0 Å². The number of carbonyl (C=O) groups excluding carboxylic acids is 3. The summed E-state index contributed by atoms with van der Waals surface area (Å²) < 4.78 is 0. The van der Waals surface area contributed by atoms with Crippen LogP contribution < -0.4 is 4.90 Å². The lowest BCUT2D eigenvalue weighted by atomic mass is 10.1. The summed E-state index contributed by atoms with van der Waals surface area (Å²) in [5.74, 6) is -0.765. The highest BCUT2D eigenvalue weighted by Crippen LogP contribution is 2.29. The number of aldehydes is 1. The minimum absolute atomic E-state index is 0.270. The van der Waals surface area contributed by atoms with E-state index in [1.54, 1.807) is 12.1 Å². The summed E-state index contributed by atoms with van der Waals surface area (Å²) in [6.45, 7) is 1.92. The van der Waals surface area contributed by atoms with Crippen LogP contribution in [0, 0.1) is 0 Å². The van der Waals surface area contributed by atoms with Crippen LogP contribution in [0.15, 0.2) is 48.5 Å². The summed E-state index contributed by atoms with van der Waals surface area (Å²) in [6, 6.07) is 11.7. The Morgan fingerprint density at radius 1 is 0.864 bits per heavy atom. The van der Waals surface area contributed by atoms with E-state index in [4.69, 9.17) is 0 Å². The van der Waals surface area contributed by atoms with Crippen LogP contribution in [0.4, 0.5) is 5.69 Å². The summed E-state index contributed by atoms with van der Waals surface area (Å²) >= 11 is 0. The zero-order valence-corrected chi connectivity index (χ0v) is 11.9. The molecule has 108 valence electrons. The molecular weight excluding hydrogens is 278 g/mol. The topological polar surface area (TPSA) is 54.5 Å². The van der Waals surface area contributed by atoms with Crippen molar-refractivity contribution >= 4 is 29.9 Å². The third-order valence-corrected chi connectivity index (χ3v) is 3.56. The second-order valence-electron chi connectivity index (χ2n) is 4.96. The Morgan fingerprint density at radius 3 is 2.14 bits per heavy atom. The monoisotopic (exact) mass is 291 g/mol. The van der Waals surface area contributed by atoms with Crippen molar-refractivity contribution in [1.82, 2.24) is 0 Å². The van der Waals surface area contributed by atoms with Gasteiger partial charge < -0.3 is 0 Å². The molecular formula is C18H13NO3. The van der Waals surface area contributed by atoms with Gasteiger partial charge in [-0.2, -0.15) is 0 Å². The Labute approximate surface area is 127 Å². The molecule has 0 fully saturated rings. The molecule has 22 heavy (non-hydrogen) atoms. The van der Waals surface area contributed by atoms with E-state index in [0.29, 0.717) is 23.1 Å². The molecule has 0 spiro atoms. The van der Waals surface area contributed by atoms with Crippen molar-refractivity contribution in [3.05, 3.63) is 70.8 Å². The highest BCUT2D eigenvalue weighted by atomic mass is 16.2.